The number of carbonyl (C=O) groups excluding carboxylic acids is 1. The summed E-state index contributed by atoms with van der Waals surface area (Å²) in [5.74, 6) is 0.537. The van der Waals surface area contributed by atoms with Crippen LogP contribution in [0, 0.1) is 10.1 Å². The number of ether oxygens (including phenoxy) is 1. The van der Waals surface area contributed by atoms with Gasteiger partial charge in [0.05, 0.1) is 17.8 Å². The van der Waals surface area contributed by atoms with Crippen molar-refractivity contribution in [1.82, 2.24) is 15.0 Å². The Morgan fingerprint density at radius 1 is 1.29 bits per heavy atom. The summed E-state index contributed by atoms with van der Waals surface area (Å²) >= 11 is 0. The minimum atomic E-state index is -0.488. The summed E-state index contributed by atoms with van der Waals surface area (Å²) in [6.07, 6.45) is 1.75. The maximum atomic E-state index is 12.5. The van der Waals surface area contributed by atoms with Crippen molar-refractivity contribution in [2.45, 2.75) is 6.42 Å². The van der Waals surface area contributed by atoms with E-state index in [1.165, 1.54) is 18.4 Å². The van der Waals surface area contributed by atoms with E-state index >= 15 is 0 Å². The molecule has 0 N–H and O–H groups in total. The van der Waals surface area contributed by atoms with Crippen LogP contribution in [0.5, 0.6) is 0 Å². The van der Waals surface area contributed by atoms with Gasteiger partial charge in [-0.05, 0) is 12.1 Å². The molecule has 0 bridgehead atoms. The highest BCUT2D eigenvalue weighted by molar-refractivity contribution is 5.91. The summed E-state index contributed by atoms with van der Waals surface area (Å²) < 4.78 is 15.4. The minimum absolute atomic E-state index is 0.0568. The van der Waals surface area contributed by atoms with Gasteiger partial charge in [-0.1, -0.05) is 17.3 Å². The predicted octanol–water partition coefficient (Wildman–Crippen LogP) is 2.57. The van der Waals surface area contributed by atoms with Gasteiger partial charge in [0.1, 0.15) is 0 Å². The van der Waals surface area contributed by atoms with Gasteiger partial charge in [-0.15, -0.1) is 0 Å². The van der Waals surface area contributed by atoms with Crippen LogP contribution in [0.4, 0.5) is 5.69 Å². The van der Waals surface area contributed by atoms with Crippen LogP contribution in [0.3, 0.4) is 0 Å². The number of aromatic nitrogens is 2. The average Bonchev–Trinajstić information content (AvgIpc) is 3.40. The van der Waals surface area contributed by atoms with E-state index < -0.39 is 4.92 Å². The molecule has 10 heteroatoms. The highest BCUT2D eigenvalue weighted by atomic mass is 16.6. The highest BCUT2D eigenvalue weighted by Gasteiger charge is 2.19. The Balaban J connectivity index is 1.68. The number of hydrogen-bond acceptors (Lipinski definition) is 8. The summed E-state index contributed by atoms with van der Waals surface area (Å²) in [7, 11) is 1.55. The lowest BCUT2D eigenvalue weighted by molar-refractivity contribution is -0.384. The van der Waals surface area contributed by atoms with Gasteiger partial charge in [0.2, 0.25) is 11.7 Å². The highest BCUT2D eigenvalue weighted by Crippen LogP contribution is 2.21. The molecule has 3 aromatic rings. The van der Waals surface area contributed by atoms with Crippen molar-refractivity contribution in [3.63, 3.8) is 0 Å². The van der Waals surface area contributed by atoms with Crippen LogP contribution in [0.25, 0.3) is 11.4 Å². The van der Waals surface area contributed by atoms with Gasteiger partial charge in [-0.2, -0.15) is 4.98 Å². The summed E-state index contributed by atoms with van der Waals surface area (Å²) in [6, 6.07) is 9.21. The maximum absolute atomic E-state index is 12.5. The van der Waals surface area contributed by atoms with E-state index in [-0.39, 0.29) is 23.2 Å². The lowest BCUT2D eigenvalue weighted by atomic mass is 10.2. The molecular formula is C18H18N4O6. The Bertz CT molecular complexity index is 937. The molecule has 0 saturated carbocycles. The van der Waals surface area contributed by atoms with Crippen LogP contribution in [0.1, 0.15) is 16.4 Å². The molecule has 2 aromatic heterocycles. The van der Waals surface area contributed by atoms with E-state index in [9.17, 15) is 14.9 Å². The first-order chi connectivity index (χ1) is 13.6. The number of nitro benzene ring substituents is 1. The van der Waals surface area contributed by atoms with E-state index in [0.717, 1.165) is 0 Å². The number of rotatable bonds is 9. The zero-order chi connectivity index (χ0) is 19.9. The number of hydrogen-bond donors (Lipinski definition) is 0. The predicted molar refractivity (Wildman–Crippen MR) is 96.6 cm³/mol. The smallest absolute Gasteiger partial charge is 0.289 e. The Morgan fingerprint density at radius 3 is 2.86 bits per heavy atom. The van der Waals surface area contributed by atoms with Crippen LogP contribution in [0.15, 0.2) is 51.6 Å². The molecule has 0 aliphatic heterocycles. The molecule has 146 valence electrons. The Morgan fingerprint density at radius 2 is 2.14 bits per heavy atom. The third-order valence-electron chi connectivity index (χ3n) is 3.96. The van der Waals surface area contributed by atoms with Gasteiger partial charge >= 0.3 is 0 Å². The third-order valence-corrected chi connectivity index (χ3v) is 3.96. The zero-order valence-corrected chi connectivity index (χ0v) is 15.1. The van der Waals surface area contributed by atoms with Crippen LogP contribution >= 0.6 is 0 Å². The number of furan rings is 1. The third kappa shape index (κ3) is 4.60. The van der Waals surface area contributed by atoms with Gasteiger partial charge in [-0.25, -0.2) is 0 Å². The molecule has 0 atom stereocenters. The number of non-ortho nitro benzene ring substituents is 1. The molecule has 2 heterocycles. The molecule has 0 saturated heterocycles. The molecule has 0 radical (unpaired) electrons. The van der Waals surface area contributed by atoms with Gasteiger partial charge in [0.15, 0.2) is 5.76 Å². The maximum Gasteiger partial charge on any atom is 0.289 e. The number of carbonyl (C=O) groups is 1. The lowest BCUT2D eigenvalue weighted by Crippen LogP contribution is -2.35. The fourth-order valence-corrected chi connectivity index (χ4v) is 2.54. The normalized spacial score (nSPS) is 10.8. The van der Waals surface area contributed by atoms with Crippen molar-refractivity contribution in [3.05, 3.63) is 64.4 Å². The molecule has 1 aromatic carbocycles. The van der Waals surface area contributed by atoms with Gasteiger partial charge < -0.3 is 18.6 Å². The standard InChI is InChI=1S/C18H18N4O6/c1-26-11-9-21(18(23)15-6-3-10-27-15)8-7-16-19-17(20-28-16)13-4-2-5-14(12-13)22(24)25/h2-6,10,12H,7-9,11H2,1H3. The van der Waals surface area contributed by atoms with E-state index in [0.29, 0.717) is 37.6 Å². The van der Waals surface area contributed by atoms with Crippen molar-refractivity contribution < 1.29 is 23.4 Å². The lowest BCUT2D eigenvalue weighted by Gasteiger charge is -2.20. The first-order valence-corrected chi connectivity index (χ1v) is 8.47. The largest absolute Gasteiger partial charge is 0.459 e. The summed E-state index contributed by atoms with van der Waals surface area (Å²) in [6.45, 7) is 1.07. The fourth-order valence-electron chi connectivity index (χ4n) is 2.54. The quantitative estimate of drug-likeness (QED) is 0.406. The summed E-state index contributed by atoms with van der Waals surface area (Å²) in [5.41, 5.74) is 0.422. The fraction of sp³-hybridized carbons (Fsp3) is 0.278. The first-order valence-electron chi connectivity index (χ1n) is 8.47. The van der Waals surface area contributed by atoms with Gasteiger partial charge in [0.25, 0.3) is 11.6 Å². The molecule has 0 aliphatic carbocycles. The summed E-state index contributed by atoms with van der Waals surface area (Å²) in [4.78, 5) is 28.8. The molecule has 0 fully saturated rings. The molecule has 0 unspecified atom stereocenters. The minimum Gasteiger partial charge on any atom is -0.459 e. The second-order valence-corrected chi connectivity index (χ2v) is 5.83. The van der Waals surface area contributed by atoms with Crippen molar-refractivity contribution in [3.8, 4) is 11.4 Å². The molecule has 3 rings (SSSR count). The van der Waals surface area contributed by atoms with Gasteiger partial charge in [0, 0.05) is 44.3 Å². The number of nitro groups is 1. The topological polar surface area (TPSA) is 125 Å². The summed E-state index contributed by atoms with van der Waals surface area (Å²) in [5, 5.41) is 14.8. The van der Waals surface area contributed by atoms with Crippen LogP contribution in [0.2, 0.25) is 0 Å². The van der Waals surface area contributed by atoms with E-state index in [1.54, 1.807) is 36.3 Å². The van der Waals surface area contributed by atoms with E-state index in [2.05, 4.69) is 10.1 Å². The molecule has 0 spiro atoms. The Labute approximate surface area is 159 Å². The molecule has 1 amide bonds. The number of nitrogens with zero attached hydrogens (tertiary/aromatic N) is 4. The molecule has 28 heavy (non-hydrogen) atoms. The monoisotopic (exact) mass is 386 g/mol. The second-order valence-electron chi connectivity index (χ2n) is 5.83. The number of methoxy groups -OCH3 is 1. The van der Waals surface area contributed by atoms with Crippen LogP contribution < -0.4 is 0 Å². The molecular weight excluding hydrogens is 368 g/mol. The van der Waals surface area contributed by atoms with Crippen LogP contribution in [-0.2, 0) is 11.2 Å². The van der Waals surface area contributed by atoms with Crippen LogP contribution in [-0.4, -0.2) is 52.7 Å². The first kappa shape index (κ1) is 19.2. The zero-order valence-electron chi connectivity index (χ0n) is 15.1. The number of benzene rings is 1. The van der Waals surface area contributed by atoms with Gasteiger partial charge in [-0.3, -0.25) is 14.9 Å². The average molecular weight is 386 g/mol. The van der Waals surface area contributed by atoms with Crippen molar-refractivity contribution >= 4 is 11.6 Å². The number of amides is 1. The SMILES string of the molecule is COCCN(CCc1nc(-c2cccc([N+](=O)[O-])c2)no1)C(=O)c1ccco1. The second kappa shape index (κ2) is 8.91. The molecule has 10 nitrogen and oxygen atoms in total. The Hall–Kier alpha value is -3.53. The molecule has 0 aliphatic rings. The van der Waals surface area contributed by atoms with E-state index in [4.69, 9.17) is 13.7 Å². The van der Waals surface area contributed by atoms with Crippen molar-refractivity contribution in [2.75, 3.05) is 26.8 Å². The van der Waals surface area contributed by atoms with Crippen molar-refractivity contribution in [1.29, 1.82) is 0 Å². The van der Waals surface area contributed by atoms with E-state index in [1.807, 2.05) is 0 Å². The van der Waals surface area contributed by atoms with Crippen molar-refractivity contribution in [2.24, 2.45) is 0 Å². The Kier molecular flexibility index (Phi) is 6.12.